The highest BCUT2D eigenvalue weighted by Crippen LogP contribution is 2.35. The van der Waals surface area contributed by atoms with Crippen LogP contribution in [0.3, 0.4) is 0 Å². The highest BCUT2D eigenvalue weighted by Gasteiger charge is 2.16. The highest BCUT2D eigenvalue weighted by atomic mass is 79.9. The summed E-state index contributed by atoms with van der Waals surface area (Å²) in [5, 5.41) is 12.6. The van der Waals surface area contributed by atoms with Crippen molar-refractivity contribution in [2.24, 2.45) is 0 Å². The van der Waals surface area contributed by atoms with Crippen LogP contribution < -0.4 is 5.32 Å². The van der Waals surface area contributed by atoms with E-state index in [1.54, 1.807) is 31.1 Å². The number of aromatic nitrogens is 3. The molecule has 136 valence electrons. The van der Waals surface area contributed by atoms with E-state index < -0.39 is 0 Å². The van der Waals surface area contributed by atoms with Gasteiger partial charge in [-0.1, -0.05) is 15.9 Å². The van der Waals surface area contributed by atoms with Crippen LogP contribution in [0.5, 0.6) is 0 Å². The summed E-state index contributed by atoms with van der Waals surface area (Å²) in [4.78, 5) is 14.9. The standard InChI is InChI=1S/C18H14BrFN6S/c1-26(2)16(21)18-25-13-6-5-12-14(15(13)27-18)17(23-8-22-12)24-11-4-3-9(19)7-10(11)20/h3-8,21H,1-2H3,(H,22,23,24). The van der Waals surface area contributed by atoms with E-state index in [1.165, 1.54) is 23.7 Å². The SMILES string of the molecule is CN(C)C(=N)c1nc2ccc3ncnc(Nc4ccc(Br)cc4F)c3c2s1. The summed E-state index contributed by atoms with van der Waals surface area (Å²) in [6.45, 7) is 0. The molecule has 27 heavy (non-hydrogen) atoms. The van der Waals surface area contributed by atoms with Gasteiger partial charge in [-0.3, -0.25) is 5.41 Å². The van der Waals surface area contributed by atoms with Crippen LogP contribution >= 0.6 is 27.3 Å². The van der Waals surface area contributed by atoms with Crippen LogP contribution in [0.2, 0.25) is 0 Å². The van der Waals surface area contributed by atoms with Crippen LogP contribution in [-0.4, -0.2) is 39.8 Å². The minimum Gasteiger partial charge on any atom is -0.361 e. The molecule has 0 aliphatic heterocycles. The molecule has 0 bridgehead atoms. The Morgan fingerprint density at radius 2 is 1.96 bits per heavy atom. The molecule has 0 amide bonds. The lowest BCUT2D eigenvalue weighted by Crippen LogP contribution is -2.21. The zero-order valence-corrected chi connectivity index (χ0v) is 16.8. The summed E-state index contributed by atoms with van der Waals surface area (Å²) < 4.78 is 15.8. The maximum atomic E-state index is 14.3. The Morgan fingerprint density at radius 3 is 2.70 bits per heavy atom. The molecule has 0 saturated heterocycles. The highest BCUT2D eigenvalue weighted by molar-refractivity contribution is 9.10. The van der Waals surface area contributed by atoms with Crippen molar-refractivity contribution in [3.63, 3.8) is 0 Å². The molecule has 2 N–H and O–H groups in total. The third-order valence-electron chi connectivity index (χ3n) is 3.99. The van der Waals surface area contributed by atoms with Gasteiger partial charge in [0.2, 0.25) is 0 Å². The minimum absolute atomic E-state index is 0.320. The van der Waals surface area contributed by atoms with E-state index in [0.717, 1.165) is 21.1 Å². The van der Waals surface area contributed by atoms with Crippen molar-refractivity contribution in [3.05, 3.63) is 52.0 Å². The zero-order chi connectivity index (χ0) is 19.1. The smallest absolute Gasteiger partial charge is 0.159 e. The summed E-state index contributed by atoms with van der Waals surface area (Å²) >= 11 is 4.65. The van der Waals surface area contributed by atoms with Gasteiger partial charge >= 0.3 is 0 Å². The van der Waals surface area contributed by atoms with Crippen molar-refractivity contribution in [2.45, 2.75) is 0 Å². The number of fused-ring (bicyclic) bond motifs is 3. The van der Waals surface area contributed by atoms with Crippen molar-refractivity contribution < 1.29 is 4.39 Å². The van der Waals surface area contributed by atoms with Gasteiger partial charge in [-0.15, -0.1) is 11.3 Å². The molecule has 0 aliphatic rings. The van der Waals surface area contributed by atoms with E-state index >= 15 is 0 Å². The van der Waals surface area contributed by atoms with Crippen molar-refractivity contribution in [1.82, 2.24) is 19.9 Å². The maximum absolute atomic E-state index is 14.3. The maximum Gasteiger partial charge on any atom is 0.159 e. The second-order valence-corrected chi connectivity index (χ2v) is 7.96. The van der Waals surface area contributed by atoms with E-state index in [4.69, 9.17) is 5.41 Å². The number of hydrogen-bond acceptors (Lipinski definition) is 6. The average molecular weight is 445 g/mol. The van der Waals surface area contributed by atoms with Crippen LogP contribution in [0.1, 0.15) is 5.01 Å². The van der Waals surface area contributed by atoms with E-state index in [9.17, 15) is 4.39 Å². The Kier molecular flexibility index (Phi) is 4.48. The third-order valence-corrected chi connectivity index (χ3v) is 5.58. The Bertz CT molecular complexity index is 1190. The van der Waals surface area contributed by atoms with Gasteiger partial charge in [0.1, 0.15) is 18.0 Å². The number of anilines is 2. The molecular formula is C18H14BrFN6S. The molecule has 0 unspecified atom stereocenters. The largest absolute Gasteiger partial charge is 0.361 e. The van der Waals surface area contributed by atoms with Gasteiger partial charge in [0, 0.05) is 18.6 Å². The number of rotatable bonds is 3. The lowest BCUT2D eigenvalue weighted by atomic mass is 10.2. The normalized spacial score (nSPS) is 11.1. The molecule has 6 nitrogen and oxygen atoms in total. The Morgan fingerprint density at radius 1 is 1.19 bits per heavy atom. The lowest BCUT2D eigenvalue weighted by molar-refractivity contribution is 0.619. The average Bonchev–Trinajstić information content (AvgIpc) is 3.07. The van der Waals surface area contributed by atoms with E-state index in [0.29, 0.717) is 26.8 Å². The molecule has 0 aliphatic carbocycles. The summed E-state index contributed by atoms with van der Waals surface area (Å²) in [7, 11) is 3.61. The molecule has 0 atom stereocenters. The van der Waals surface area contributed by atoms with Crippen LogP contribution in [-0.2, 0) is 0 Å². The first kappa shape index (κ1) is 17.7. The summed E-state index contributed by atoms with van der Waals surface area (Å²) in [5.41, 5.74) is 1.80. The van der Waals surface area contributed by atoms with Crippen molar-refractivity contribution in [1.29, 1.82) is 5.41 Å². The van der Waals surface area contributed by atoms with Gasteiger partial charge in [0.05, 0.1) is 26.8 Å². The van der Waals surface area contributed by atoms with E-state index in [2.05, 4.69) is 36.2 Å². The first-order valence-corrected chi connectivity index (χ1v) is 9.57. The molecule has 4 rings (SSSR count). The van der Waals surface area contributed by atoms with Crippen molar-refractivity contribution >= 4 is 65.7 Å². The quantitative estimate of drug-likeness (QED) is 0.351. The topological polar surface area (TPSA) is 77.8 Å². The molecule has 0 spiro atoms. The first-order chi connectivity index (χ1) is 12.9. The second kappa shape index (κ2) is 6.82. The molecular weight excluding hydrogens is 431 g/mol. The van der Waals surface area contributed by atoms with Gasteiger partial charge in [-0.05, 0) is 30.3 Å². The predicted molar refractivity (Wildman–Crippen MR) is 111 cm³/mol. The van der Waals surface area contributed by atoms with Crippen LogP contribution in [0, 0.1) is 11.2 Å². The second-order valence-electron chi connectivity index (χ2n) is 6.04. The fraction of sp³-hybridized carbons (Fsp3) is 0.111. The summed E-state index contributed by atoms with van der Waals surface area (Å²) in [6.07, 6.45) is 1.44. The van der Waals surface area contributed by atoms with Crippen LogP contribution in [0.15, 0.2) is 41.1 Å². The number of amidine groups is 1. The lowest BCUT2D eigenvalue weighted by Gasteiger charge is -2.10. The third kappa shape index (κ3) is 3.24. The van der Waals surface area contributed by atoms with Gasteiger partial charge < -0.3 is 10.2 Å². The molecule has 9 heteroatoms. The zero-order valence-electron chi connectivity index (χ0n) is 14.4. The van der Waals surface area contributed by atoms with E-state index in [-0.39, 0.29) is 5.82 Å². The number of halogens is 2. The number of nitrogens with zero attached hydrogens (tertiary/aromatic N) is 4. The number of benzene rings is 2. The summed E-state index contributed by atoms with van der Waals surface area (Å²) in [5.74, 6) is 0.441. The van der Waals surface area contributed by atoms with Crippen LogP contribution in [0.25, 0.3) is 21.1 Å². The fourth-order valence-electron chi connectivity index (χ4n) is 2.64. The molecule has 2 heterocycles. The molecule has 0 fully saturated rings. The summed E-state index contributed by atoms with van der Waals surface area (Å²) in [6, 6.07) is 8.52. The Labute approximate surface area is 166 Å². The predicted octanol–water partition coefficient (Wildman–Crippen LogP) is 4.77. The van der Waals surface area contributed by atoms with Gasteiger partial charge in [0.25, 0.3) is 0 Å². The Hall–Kier alpha value is -2.65. The van der Waals surface area contributed by atoms with E-state index in [1.807, 2.05) is 12.1 Å². The van der Waals surface area contributed by atoms with Gasteiger partial charge in [-0.25, -0.2) is 19.3 Å². The Balaban J connectivity index is 1.90. The minimum atomic E-state index is -0.386. The molecule has 0 radical (unpaired) electrons. The van der Waals surface area contributed by atoms with Gasteiger partial charge in [0.15, 0.2) is 10.8 Å². The number of nitrogens with one attached hydrogen (secondary N) is 2. The monoisotopic (exact) mass is 444 g/mol. The molecule has 4 aromatic rings. The number of thiazole rings is 1. The van der Waals surface area contributed by atoms with Gasteiger partial charge in [-0.2, -0.15) is 0 Å². The van der Waals surface area contributed by atoms with Crippen molar-refractivity contribution in [3.8, 4) is 0 Å². The molecule has 0 saturated carbocycles. The van der Waals surface area contributed by atoms with Crippen LogP contribution in [0.4, 0.5) is 15.9 Å². The molecule has 2 aromatic carbocycles. The molecule has 2 aromatic heterocycles. The fourth-order valence-corrected chi connectivity index (χ4v) is 4.11. The first-order valence-electron chi connectivity index (χ1n) is 7.96. The van der Waals surface area contributed by atoms with Crippen molar-refractivity contribution in [2.75, 3.05) is 19.4 Å². The number of hydrogen-bond donors (Lipinski definition) is 2.